The Morgan fingerprint density at radius 1 is 1.45 bits per heavy atom. The van der Waals surface area contributed by atoms with Crippen LogP contribution in [0.4, 0.5) is 0 Å². The Hall–Kier alpha value is 0.130. The number of alkyl halides is 1. The van der Waals surface area contributed by atoms with E-state index in [1.54, 1.807) is 0 Å². The molecule has 2 atom stereocenters. The molecule has 1 rings (SSSR count). The van der Waals surface area contributed by atoms with E-state index in [4.69, 9.17) is 30.9 Å². The third-order valence-electron chi connectivity index (χ3n) is 1.25. The molecule has 4 nitrogen and oxygen atoms in total. The molecule has 0 aromatic heterocycles. The summed E-state index contributed by atoms with van der Waals surface area (Å²) >= 11 is 5.37. The van der Waals surface area contributed by atoms with Crippen LogP contribution >= 0.6 is 11.6 Å². The molecule has 0 saturated carbocycles. The summed E-state index contributed by atoms with van der Waals surface area (Å²) in [6.07, 6.45) is -1.66. The topological polar surface area (TPSA) is 47.9 Å². The molecule has 1 N–H and O–H groups in total. The second-order valence-corrected chi connectivity index (χ2v) is 2.44. The minimum absolute atomic E-state index is 0.354. The maximum Gasteiger partial charge on any atom is 0.209 e. The Morgan fingerprint density at radius 3 is 2.82 bits per heavy atom. The van der Waals surface area contributed by atoms with E-state index in [-0.39, 0.29) is 0 Å². The van der Waals surface area contributed by atoms with Gasteiger partial charge in [-0.3, -0.25) is 0 Å². The molecule has 1 aliphatic rings. The largest absolute Gasteiger partial charge is 0.364 e. The van der Waals surface area contributed by atoms with Crippen LogP contribution in [-0.2, 0) is 14.2 Å². The van der Waals surface area contributed by atoms with Crippen LogP contribution < -0.4 is 0 Å². The van der Waals surface area contributed by atoms with Crippen LogP contribution in [0, 0.1) is 0 Å². The van der Waals surface area contributed by atoms with Crippen molar-refractivity contribution in [2.75, 3.05) is 25.7 Å². The van der Waals surface area contributed by atoms with Crippen molar-refractivity contribution in [1.82, 2.24) is 0 Å². The van der Waals surface area contributed by atoms with E-state index in [1.165, 1.54) is 0 Å². The van der Waals surface area contributed by atoms with Gasteiger partial charge in [0.25, 0.3) is 0 Å². The summed E-state index contributed by atoms with van der Waals surface area (Å²) in [7, 11) is 0. The standard InChI is InChI=1S/C6H11ClO4/c7-1-2-10-6-5(8)9-3-4-11-6/h5-6,8H,1-4H2. The molecule has 1 saturated heterocycles. The summed E-state index contributed by atoms with van der Waals surface area (Å²) in [5.74, 6) is 0.382. The van der Waals surface area contributed by atoms with Crippen molar-refractivity contribution in [3.05, 3.63) is 0 Å². The molecule has 5 heteroatoms. The van der Waals surface area contributed by atoms with Gasteiger partial charge < -0.3 is 19.3 Å². The van der Waals surface area contributed by atoms with E-state index >= 15 is 0 Å². The number of hydrogen-bond acceptors (Lipinski definition) is 4. The molecule has 66 valence electrons. The predicted molar refractivity (Wildman–Crippen MR) is 38.4 cm³/mol. The molecule has 0 aliphatic carbocycles. The van der Waals surface area contributed by atoms with Gasteiger partial charge in [-0.25, -0.2) is 0 Å². The zero-order valence-electron chi connectivity index (χ0n) is 6.03. The Morgan fingerprint density at radius 2 is 2.18 bits per heavy atom. The molecule has 0 bridgehead atoms. The van der Waals surface area contributed by atoms with Gasteiger partial charge in [0.05, 0.1) is 19.8 Å². The Balaban J connectivity index is 2.18. The van der Waals surface area contributed by atoms with E-state index in [2.05, 4.69) is 0 Å². The second-order valence-electron chi connectivity index (χ2n) is 2.06. The van der Waals surface area contributed by atoms with Crippen molar-refractivity contribution >= 4 is 11.6 Å². The van der Waals surface area contributed by atoms with E-state index in [9.17, 15) is 0 Å². The average molecular weight is 183 g/mol. The van der Waals surface area contributed by atoms with Crippen molar-refractivity contribution in [1.29, 1.82) is 0 Å². The summed E-state index contributed by atoms with van der Waals surface area (Å²) < 4.78 is 14.9. The quantitative estimate of drug-likeness (QED) is 0.621. The molecule has 0 radical (unpaired) electrons. The number of aliphatic hydroxyl groups is 1. The Kier molecular flexibility index (Phi) is 4.11. The lowest BCUT2D eigenvalue weighted by molar-refractivity contribution is -0.305. The van der Waals surface area contributed by atoms with Crippen molar-refractivity contribution in [3.8, 4) is 0 Å². The molecule has 1 heterocycles. The molecule has 11 heavy (non-hydrogen) atoms. The minimum Gasteiger partial charge on any atom is -0.364 e. The highest BCUT2D eigenvalue weighted by molar-refractivity contribution is 6.17. The molecule has 0 aromatic rings. The normalized spacial score (nSPS) is 32.2. The van der Waals surface area contributed by atoms with Gasteiger partial charge >= 0.3 is 0 Å². The van der Waals surface area contributed by atoms with Gasteiger partial charge in [0, 0.05) is 5.88 Å². The lowest BCUT2D eigenvalue weighted by Gasteiger charge is -2.27. The molecule has 2 unspecified atom stereocenters. The van der Waals surface area contributed by atoms with Gasteiger partial charge in [-0.15, -0.1) is 11.6 Å². The summed E-state index contributed by atoms with van der Waals surface area (Å²) in [4.78, 5) is 0. The van der Waals surface area contributed by atoms with Crippen LogP contribution in [0.15, 0.2) is 0 Å². The maximum atomic E-state index is 9.08. The van der Waals surface area contributed by atoms with Gasteiger partial charge in [-0.05, 0) is 0 Å². The fourth-order valence-corrected chi connectivity index (χ4v) is 0.874. The zero-order chi connectivity index (χ0) is 8.10. The van der Waals surface area contributed by atoms with Gasteiger partial charge in [-0.1, -0.05) is 0 Å². The van der Waals surface area contributed by atoms with E-state index in [0.29, 0.717) is 25.7 Å². The van der Waals surface area contributed by atoms with Crippen LogP contribution in [-0.4, -0.2) is 43.4 Å². The smallest absolute Gasteiger partial charge is 0.209 e. The highest BCUT2D eigenvalue weighted by Gasteiger charge is 2.24. The Bertz CT molecular complexity index is 111. The second kappa shape index (κ2) is 4.90. The van der Waals surface area contributed by atoms with E-state index < -0.39 is 12.6 Å². The number of aliphatic hydroxyl groups excluding tert-OH is 1. The predicted octanol–water partition coefficient (Wildman–Crippen LogP) is -0.0669. The number of halogens is 1. The van der Waals surface area contributed by atoms with Crippen LogP contribution in [0.5, 0.6) is 0 Å². The van der Waals surface area contributed by atoms with Crippen molar-refractivity contribution in [2.24, 2.45) is 0 Å². The molecule has 1 fully saturated rings. The first kappa shape index (κ1) is 9.22. The summed E-state index contributed by atoms with van der Waals surface area (Å²) in [5, 5.41) is 9.08. The summed E-state index contributed by atoms with van der Waals surface area (Å²) in [5.41, 5.74) is 0. The van der Waals surface area contributed by atoms with Gasteiger partial charge in [-0.2, -0.15) is 0 Å². The summed E-state index contributed by atoms with van der Waals surface area (Å²) in [6.45, 7) is 1.21. The van der Waals surface area contributed by atoms with Crippen molar-refractivity contribution < 1.29 is 19.3 Å². The summed E-state index contributed by atoms with van der Waals surface area (Å²) in [6, 6.07) is 0. The van der Waals surface area contributed by atoms with Gasteiger partial charge in [0.1, 0.15) is 0 Å². The maximum absolute atomic E-state index is 9.08. The van der Waals surface area contributed by atoms with Crippen LogP contribution in [0.3, 0.4) is 0 Å². The minimum atomic E-state index is -0.980. The number of hydrogen-bond donors (Lipinski definition) is 1. The third-order valence-corrected chi connectivity index (χ3v) is 1.40. The van der Waals surface area contributed by atoms with Gasteiger partial charge in [0.15, 0.2) is 0 Å². The van der Waals surface area contributed by atoms with E-state index in [1.807, 2.05) is 0 Å². The molecule has 0 amide bonds. The van der Waals surface area contributed by atoms with Crippen molar-refractivity contribution in [3.63, 3.8) is 0 Å². The first-order chi connectivity index (χ1) is 5.34. The van der Waals surface area contributed by atoms with Crippen LogP contribution in [0.1, 0.15) is 0 Å². The molecular formula is C6H11ClO4. The van der Waals surface area contributed by atoms with Crippen molar-refractivity contribution in [2.45, 2.75) is 12.6 Å². The van der Waals surface area contributed by atoms with E-state index in [0.717, 1.165) is 0 Å². The zero-order valence-corrected chi connectivity index (χ0v) is 6.79. The fraction of sp³-hybridized carbons (Fsp3) is 1.00. The monoisotopic (exact) mass is 182 g/mol. The molecular weight excluding hydrogens is 172 g/mol. The van der Waals surface area contributed by atoms with Gasteiger partial charge in [0.2, 0.25) is 12.6 Å². The third kappa shape index (κ3) is 2.92. The SMILES string of the molecule is OC1OCCOC1OCCCl. The highest BCUT2D eigenvalue weighted by Crippen LogP contribution is 2.08. The molecule has 0 spiro atoms. The Labute approximate surface area is 70.0 Å². The number of rotatable bonds is 3. The molecule has 1 aliphatic heterocycles. The lowest BCUT2D eigenvalue weighted by atomic mass is 10.5. The van der Waals surface area contributed by atoms with Crippen LogP contribution in [0.25, 0.3) is 0 Å². The molecule has 0 aromatic carbocycles. The first-order valence-corrected chi connectivity index (χ1v) is 3.97. The lowest BCUT2D eigenvalue weighted by Crippen LogP contribution is -2.40. The first-order valence-electron chi connectivity index (χ1n) is 3.43. The number of ether oxygens (including phenoxy) is 3. The highest BCUT2D eigenvalue weighted by atomic mass is 35.5. The van der Waals surface area contributed by atoms with Crippen LogP contribution in [0.2, 0.25) is 0 Å². The average Bonchev–Trinajstić information content (AvgIpc) is 2.03. The fourth-order valence-electron chi connectivity index (χ4n) is 0.785.